The number of carbonyl (C=O) groups is 2. The van der Waals surface area contributed by atoms with E-state index >= 15 is 0 Å². The van der Waals surface area contributed by atoms with Gasteiger partial charge in [0.25, 0.3) is 5.69 Å². The maximum Gasteiger partial charge on any atom is 0.345 e. The number of nitrogens with one attached hydrogen (secondary N) is 1. The van der Waals surface area contributed by atoms with Gasteiger partial charge in [-0.2, -0.15) is 0 Å². The Morgan fingerprint density at radius 1 is 1.38 bits per heavy atom. The molecular weight excluding hydrogens is 338 g/mol. The number of anilines is 1. The summed E-state index contributed by atoms with van der Waals surface area (Å²) in [6, 6.07) is 2.03. The van der Waals surface area contributed by atoms with Crippen LogP contribution in [0.3, 0.4) is 0 Å². The highest BCUT2D eigenvalue weighted by Crippen LogP contribution is 2.30. The molecule has 0 aliphatic rings. The third kappa shape index (κ3) is 5.54. The zero-order valence-corrected chi connectivity index (χ0v) is 14.4. The van der Waals surface area contributed by atoms with Crippen LogP contribution in [0, 0.1) is 10.1 Å². The van der Waals surface area contributed by atoms with Crippen molar-refractivity contribution in [1.29, 1.82) is 0 Å². The van der Waals surface area contributed by atoms with Crippen LogP contribution < -0.4 is 11.1 Å². The number of hydrogen-bond acceptors (Lipinski definition) is 6. The van der Waals surface area contributed by atoms with E-state index in [4.69, 9.17) is 22.1 Å². The van der Waals surface area contributed by atoms with E-state index in [0.29, 0.717) is 0 Å². The lowest BCUT2D eigenvalue weighted by Gasteiger charge is -2.19. The fourth-order valence-electron chi connectivity index (χ4n) is 1.72. The average molecular weight is 356 g/mol. The molecule has 8 nitrogen and oxygen atoms in total. The molecular formula is C15H18ClN3O5. The first kappa shape index (κ1) is 19.4. The molecule has 1 aromatic rings. The number of benzene rings is 1. The van der Waals surface area contributed by atoms with Gasteiger partial charge in [-0.25, -0.2) is 4.79 Å². The van der Waals surface area contributed by atoms with Crippen LogP contribution in [0.25, 0.3) is 0 Å². The molecule has 0 saturated carbocycles. The minimum Gasteiger partial charge on any atom is -0.428 e. The maximum absolute atomic E-state index is 12.1. The number of nitro groups is 1. The standard InChI is InChI=1S/C15H18ClN3O5/c1-8(5-13(20)18-15(2,3)4)24-14(21)9-6-10(16)12(19(22)23)7-11(9)17/h5-7H,17H2,1-4H3,(H,18,20)/b8-5+. The second kappa shape index (κ2) is 7.31. The van der Waals surface area contributed by atoms with Crippen molar-refractivity contribution in [2.24, 2.45) is 0 Å². The predicted molar refractivity (Wildman–Crippen MR) is 89.6 cm³/mol. The van der Waals surface area contributed by atoms with E-state index in [9.17, 15) is 19.7 Å². The van der Waals surface area contributed by atoms with Gasteiger partial charge in [0, 0.05) is 17.7 Å². The van der Waals surface area contributed by atoms with E-state index in [1.165, 1.54) is 6.92 Å². The molecule has 3 N–H and O–H groups in total. The summed E-state index contributed by atoms with van der Waals surface area (Å²) in [6.45, 7) is 6.84. The Kier molecular flexibility index (Phi) is 5.92. The van der Waals surface area contributed by atoms with Crippen molar-refractivity contribution >= 4 is 34.9 Å². The van der Waals surface area contributed by atoms with Crippen LogP contribution >= 0.6 is 11.6 Å². The van der Waals surface area contributed by atoms with Crippen LogP contribution in [0.4, 0.5) is 11.4 Å². The highest BCUT2D eigenvalue weighted by molar-refractivity contribution is 6.33. The topological polar surface area (TPSA) is 125 Å². The van der Waals surface area contributed by atoms with Crippen molar-refractivity contribution in [2.75, 3.05) is 5.73 Å². The number of nitrogens with zero attached hydrogens (tertiary/aromatic N) is 1. The van der Waals surface area contributed by atoms with Gasteiger partial charge in [-0.15, -0.1) is 0 Å². The summed E-state index contributed by atoms with van der Waals surface area (Å²) in [7, 11) is 0. The summed E-state index contributed by atoms with van der Waals surface area (Å²) in [6.07, 6.45) is 1.12. The van der Waals surface area contributed by atoms with E-state index in [1.54, 1.807) is 20.8 Å². The second-order valence-corrected chi connectivity index (χ2v) is 6.44. The lowest BCUT2D eigenvalue weighted by atomic mass is 10.1. The van der Waals surface area contributed by atoms with E-state index in [1.807, 2.05) is 0 Å². The van der Waals surface area contributed by atoms with Gasteiger partial charge in [-0.05, 0) is 33.8 Å². The van der Waals surface area contributed by atoms with Gasteiger partial charge in [-0.1, -0.05) is 11.6 Å². The van der Waals surface area contributed by atoms with Crippen LogP contribution in [0.1, 0.15) is 38.1 Å². The van der Waals surface area contributed by atoms with Crippen molar-refractivity contribution in [2.45, 2.75) is 33.2 Å². The van der Waals surface area contributed by atoms with Crippen LogP contribution in [0.2, 0.25) is 5.02 Å². The molecule has 0 spiro atoms. The molecule has 0 heterocycles. The van der Waals surface area contributed by atoms with Crippen molar-refractivity contribution < 1.29 is 19.2 Å². The lowest BCUT2D eigenvalue weighted by molar-refractivity contribution is -0.384. The fraction of sp³-hybridized carbons (Fsp3) is 0.333. The number of nitro benzene ring substituents is 1. The highest BCUT2D eigenvalue weighted by Gasteiger charge is 2.21. The van der Waals surface area contributed by atoms with Gasteiger partial charge < -0.3 is 15.8 Å². The predicted octanol–water partition coefficient (Wildman–Crippen LogP) is 2.81. The summed E-state index contributed by atoms with van der Waals surface area (Å²) in [5.74, 6) is -1.26. The molecule has 0 aliphatic heterocycles. The molecule has 24 heavy (non-hydrogen) atoms. The number of hydrogen-bond donors (Lipinski definition) is 2. The number of ether oxygens (including phenoxy) is 1. The van der Waals surface area contributed by atoms with E-state index in [-0.39, 0.29) is 22.0 Å². The van der Waals surface area contributed by atoms with Crippen LogP contribution in [0.5, 0.6) is 0 Å². The second-order valence-electron chi connectivity index (χ2n) is 6.03. The average Bonchev–Trinajstić information content (AvgIpc) is 2.37. The lowest BCUT2D eigenvalue weighted by Crippen LogP contribution is -2.39. The third-order valence-corrected chi connectivity index (χ3v) is 2.92. The quantitative estimate of drug-likeness (QED) is 0.214. The minimum absolute atomic E-state index is 0.0376. The SMILES string of the molecule is C/C(=C\C(=O)NC(C)(C)C)OC(=O)c1cc(Cl)c([N+](=O)[O-])cc1N. The van der Waals surface area contributed by atoms with Crippen LogP contribution in [-0.2, 0) is 9.53 Å². The number of rotatable bonds is 4. The molecule has 0 saturated heterocycles. The summed E-state index contributed by atoms with van der Waals surface area (Å²) >= 11 is 5.75. The highest BCUT2D eigenvalue weighted by atomic mass is 35.5. The fourth-order valence-corrected chi connectivity index (χ4v) is 1.95. The number of halogens is 1. The number of esters is 1. The van der Waals surface area contributed by atoms with Gasteiger partial charge in [0.2, 0.25) is 5.91 Å². The zero-order valence-electron chi connectivity index (χ0n) is 13.7. The molecule has 1 aromatic carbocycles. The van der Waals surface area contributed by atoms with Crippen molar-refractivity contribution in [3.8, 4) is 0 Å². The molecule has 1 rings (SSSR count). The number of amides is 1. The number of allylic oxidation sites excluding steroid dienone is 1. The Hall–Kier alpha value is -2.61. The zero-order chi connectivity index (χ0) is 18.7. The molecule has 130 valence electrons. The monoisotopic (exact) mass is 355 g/mol. The summed E-state index contributed by atoms with van der Waals surface area (Å²) < 4.78 is 5.01. The number of nitrogen functional groups attached to an aromatic ring is 1. The smallest absolute Gasteiger partial charge is 0.345 e. The first-order valence-electron chi connectivity index (χ1n) is 6.86. The molecule has 0 aromatic heterocycles. The molecule has 0 aliphatic carbocycles. The molecule has 0 fully saturated rings. The first-order valence-corrected chi connectivity index (χ1v) is 7.24. The first-order chi connectivity index (χ1) is 10.9. The van der Waals surface area contributed by atoms with Gasteiger partial charge in [0.1, 0.15) is 10.8 Å². The largest absolute Gasteiger partial charge is 0.428 e. The van der Waals surface area contributed by atoms with E-state index in [2.05, 4.69) is 5.32 Å². The van der Waals surface area contributed by atoms with Crippen LogP contribution in [-0.4, -0.2) is 22.3 Å². The Morgan fingerprint density at radius 2 is 1.96 bits per heavy atom. The van der Waals surface area contributed by atoms with Gasteiger partial charge in [0.15, 0.2) is 0 Å². The van der Waals surface area contributed by atoms with Crippen molar-refractivity contribution in [3.63, 3.8) is 0 Å². The summed E-state index contributed by atoms with van der Waals surface area (Å²) in [4.78, 5) is 33.9. The molecule has 0 radical (unpaired) electrons. The maximum atomic E-state index is 12.1. The number of nitrogens with two attached hydrogens (primary N) is 1. The molecule has 0 atom stereocenters. The van der Waals surface area contributed by atoms with Gasteiger partial charge in [0.05, 0.1) is 16.2 Å². The minimum atomic E-state index is -0.874. The molecule has 0 bridgehead atoms. The van der Waals surface area contributed by atoms with E-state index in [0.717, 1.165) is 18.2 Å². The normalized spacial score (nSPS) is 11.8. The molecule has 9 heteroatoms. The van der Waals surface area contributed by atoms with Crippen molar-refractivity contribution in [3.05, 3.63) is 44.7 Å². The Morgan fingerprint density at radius 3 is 2.46 bits per heavy atom. The van der Waals surface area contributed by atoms with Crippen molar-refractivity contribution in [1.82, 2.24) is 5.32 Å². The molecule has 0 unspecified atom stereocenters. The Balaban J connectivity index is 2.94. The van der Waals surface area contributed by atoms with Gasteiger partial charge in [-0.3, -0.25) is 14.9 Å². The van der Waals surface area contributed by atoms with Crippen LogP contribution in [0.15, 0.2) is 24.0 Å². The molecule has 1 amide bonds. The number of carbonyl (C=O) groups excluding carboxylic acids is 2. The third-order valence-electron chi connectivity index (χ3n) is 2.62. The van der Waals surface area contributed by atoms with Gasteiger partial charge >= 0.3 is 5.97 Å². The Labute approximate surface area is 143 Å². The summed E-state index contributed by atoms with van der Waals surface area (Å²) in [5.41, 5.74) is 4.50. The van der Waals surface area contributed by atoms with E-state index < -0.39 is 28.0 Å². The Bertz CT molecular complexity index is 723. The summed E-state index contributed by atoms with van der Waals surface area (Å²) in [5, 5.41) is 13.2.